The first kappa shape index (κ1) is 22.5. The summed E-state index contributed by atoms with van der Waals surface area (Å²) in [5, 5.41) is 7.06. The van der Waals surface area contributed by atoms with Crippen molar-refractivity contribution >= 4 is 32.3 Å². The summed E-state index contributed by atoms with van der Waals surface area (Å²) in [5.74, 6) is 0. The number of nitrogens with zero attached hydrogens (tertiary/aromatic N) is 4. The summed E-state index contributed by atoms with van der Waals surface area (Å²) in [6.45, 7) is 0. The molecule has 4 heteroatoms. The highest BCUT2D eigenvalue weighted by molar-refractivity contribution is 6.31. The Morgan fingerprint density at radius 3 is 0.800 bits per heavy atom. The predicted molar refractivity (Wildman–Crippen MR) is 163 cm³/mol. The maximum Gasteiger partial charge on any atom is 0.0708 e. The minimum Gasteiger partial charge on any atom is -0.256 e. The van der Waals surface area contributed by atoms with Crippen molar-refractivity contribution in [3.63, 3.8) is 0 Å². The summed E-state index contributed by atoms with van der Waals surface area (Å²) < 4.78 is 0. The van der Waals surface area contributed by atoms with Gasteiger partial charge in [0.15, 0.2) is 0 Å². The van der Waals surface area contributed by atoms with Crippen LogP contribution in [0.25, 0.3) is 77.3 Å². The SMILES string of the molecule is c1ccc(-c2cc(-c3ccccn3)c3ccc4c(-c5ccccn5)cc(-c5ccccn5)c5ccc2c3c54)nc1. The summed E-state index contributed by atoms with van der Waals surface area (Å²) in [6, 6.07) is 37.7. The predicted octanol–water partition coefficient (Wildman–Crippen LogP) is 8.83. The van der Waals surface area contributed by atoms with Crippen molar-refractivity contribution in [2.75, 3.05) is 0 Å². The first-order valence-corrected chi connectivity index (χ1v) is 13.3. The molecular weight excluding hydrogens is 488 g/mol. The van der Waals surface area contributed by atoms with Crippen molar-refractivity contribution in [2.45, 2.75) is 0 Å². The van der Waals surface area contributed by atoms with Crippen LogP contribution in [0, 0.1) is 0 Å². The Morgan fingerprint density at radius 1 is 0.300 bits per heavy atom. The molecule has 8 rings (SSSR count). The van der Waals surface area contributed by atoms with Gasteiger partial charge in [-0.05, 0) is 93.0 Å². The summed E-state index contributed by atoms with van der Waals surface area (Å²) in [4.78, 5) is 19.0. The van der Waals surface area contributed by atoms with E-state index in [0.717, 1.165) is 66.6 Å². The van der Waals surface area contributed by atoms with E-state index in [1.165, 1.54) is 10.8 Å². The Labute approximate surface area is 231 Å². The highest BCUT2D eigenvalue weighted by atomic mass is 14.7. The van der Waals surface area contributed by atoms with Crippen molar-refractivity contribution in [2.24, 2.45) is 0 Å². The second kappa shape index (κ2) is 9.07. The lowest BCUT2D eigenvalue weighted by Crippen LogP contribution is -1.96. The molecule has 40 heavy (non-hydrogen) atoms. The maximum atomic E-state index is 4.76. The monoisotopic (exact) mass is 510 g/mol. The van der Waals surface area contributed by atoms with Crippen LogP contribution in [0.5, 0.6) is 0 Å². The molecule has 4 aromatic carbocycles. The van der Waals surface area contributed by atoms with Crippen LogP contribution in [-0.4, -0.2) is 19.9 Å². The van der Waals surface area contributed by atoms with Gasteiger partial charge in [-0.1, -0.05) is 48.5 Å². The molecule has 0 N–H and O–H groups in total. The molecule has 0 amide bonds. The lowest BCUT2D eigenvalue weighted by Gasteiger charge is -2.20. The van der Waals surface area contributed by atoms with E-state index in [0.29, 0.717) is 0 Å². The molecule has 0 fully saturated rings. The molecule has 0 spiro atoms. The topological polar surface area (TPSA) is 51.6 Å². The first-order chi connectivity index (χ1) is 19.9. The highest BCUT2D eigenvalue weighted by Crippen LogP contribution is 2.47. The van der Waals surface area contributed by atoms with Gasteiger partial charge in [-0.2, -0.15) is 0 Å². The Balaban J connectivity index is 1.60. The molecule has 0 radical (unpaired) electrons. The molecule has 0 aliphatic rings. The van der Waals surface area contributed by atoms with E-state index in [2.05, 4.69) is 60.7 Å². The molecular formula is C36H22N4. The van der Waals surface area contributed by atoms with Gasteiger partial charge in [0.1, 0.15) is 0 Å². The smallest absolute Gasteiger partial charge is 0.0708 e. The molecule has 0 unspecified atom stereocenters. The first-order valence-electron chi connectivity index (χ1n) is 13.3. The van der Waals surface area contributed by atoms with E-state index in [1.807, 2.05) is 73.3 Å². The third-order valence-corrected chi connectivity index (χ3v) is 7.66. The second-order valence-corrected chi connectivity index (χ2v) is 9.87. The maximum absolute atomic E-state index is 4.76. The van der Waals surface area contributed by atoms with Crippen LogP contribution in [0.15, 0.2) is 134 Å². The molecule has 0 bridgehead atoms. The normalized spacial score (nSPS) is 11.5. The molecule has 4 nitrogen and oxygen atoms in total. The fourth-order valence-electron chi connectivity index (χ4n) is 5.93. The average Bonchev–Trinajstić information content (AvgIpc) is 3.04. The van der Waals surface area contributed by atoms with Crippen LogP contribution in [0.4, 0.5) is 0 Å². The third kappa shape index (κ3) is 3.47. The van der Waals surface area contributed by atoms with Gasteiger partial charge in [0.25, 0.3) is 0 Å². The van der Waals surface area contributed by atoms with Crippen LogP contribution in [0.3, 0.4) is 0 Å². The Bertz CT molecular complexity index is 1820. The van der Waals surface area contributed by atoms with Crippen molar-refractivity contribution in [1.29, 1.82) is 0 Å². The van der Waals surface area contributed by atoms with E-state index in [-0.39, 0.29) is 0 Å². The number of hydrogen-bond acceptors (Lipinski definition) is 4. The average molecular weight is 511 g/mol. The quantitative estimate of drug-likeness (QED) is 0.222. The van der Waals surface area contributed by atoms with Gasteiger partial charge in [0.2, 0.25) is 0 Å². The number of aromatic nitrogens is 4. The Hall–Kier alpha value is -5.48. The molecule has 4 aromatic heterocycles. The zero-order chi connectivity index (χ0) is 26.5. The van der Waals surface area contributed by atoms with Gasteiger partial charge in [-0.15, -0.1) is 0 Å². The van der Waals surface area contributed by atoms with Gasteiger partial charge in [0, 0.05) is 47.0 Å². The van der Waals surface area contributed by atoms with Crippen LogP contribution >= 0.6 is 0 Å². The van der Waals surface area contributed by atoms with Crippen molar-refractivity contribution in [3.05, 3.63) is 134 Å². The molecule has 8 aromatic rings. The van der Waals surface area contributed by atoms with E-state index in [1.54, 1.807) is 0 Å². The second-order valence-electron chi connectivity index (χ2n) is 9.87. The Morgan fingerprint density at radius 2 is 0.575 bits per heavy atom. The third-order valence-electron chi connectivity index (χ3n) is 7.66. The number of pyridine rings is 4. The molecule has 0 aliphatic carbocycles. The van der Waals surface area contributed by atoms with Gasteiger partial charge in [0.05, 0.1) is 22.8 Å². The molecule has 0 saturated heterocycles. The van der Waals surface area contributed by atoms with Crippen molar-refractivity contribution in [3.8, 4) is 45.0 Å². The van der Waals surface area contributed by atoms with Gasteiger partial charge in [-0.3, -0.25) is 19.9 Å². The summed E-state index contributed by atoms with van der Waals surface area (Å²) >= 11 is 0. The summed E-state index contributed by atoms with van der Waals surface area (Å²) in [5.41, 5.74) is 8.10. The largest absolute Gasteiger partial charge is 0.256 e. The van der Waals surface area contributed by atoms with Gasteiger partial charge >= 0.3 is 0 Å². The molecule has 186 valence electrons. The fourth-order valence-corrected chi connectivity index (χ4v) is 5.93. The van der Waals surface area contributed by atoms with Crippen molar-refractivity contribution in [1.82, 2.24) is 19.9 Å². The summed E-state index contributed by atoms with van der Waals surface area (Å²) in [6.07, 6.45) is 7.41. The van der Waals surface area contributed by atoms with Gasteiger partial charge < -0.3 is 0 Å². The van der Waals surface area contributed by atoms with Crippen molar-refractivity contribution < 1.29 is 0 Å². The molecule has 0 atom stereocenters. The lowest BCUT2D eigenvalue weighted by atomic mass is 9.84. The zero-order valence-electron chi connectivity index (χ0n) is 21.5. The van der Waals surface area contributed by atoms with E-state index >= 15 is 0 Å². The van der Waals surface area contributed by atoms with Gasteiger partial charge in [-0.25, -0.2) is 0 Å². The number of rotatable bonds is 4. The van der Waals surface area contributed by atoms with Crippen LogP contribution < -0.4 is 0 Å². The number of benzene rings is 4. The fraction of sp³-hybridized carbons (Fsp3) is 0. The highest BCUT2D eigenvalue weighted by Gasteiger charge is 2.21. The molecule has 4 heterocycles. The Kier molecular flexibility index (Phi) is 5.10. The van der Waals surface area contributed by atoms with Crippen LogP contribution in [-0.2, 0) is 0 Å². The van der Waals surface area contributed by atoms with Crippen LogP contribution in [0.2, 0.25) is 0 Å². The molecule has 0 aliphatic heterocycles. The number of hydrogen-bond donors (Lipinski definition) is 0. The standard InChI is InChI=1S/C36H22N4/c1-5-17-37-31(9-1)27-21-28(32-10-2-6-18-38-32)24-15-16-26-30(34-12-4-8-20-40-34)22-29(33-11-3-7-19-39-33)25-14-13-23(27)35(24)36(25)26/h1-22H. The van der Waals surface area contributed by atoms with E-state index < -0.39 is 0 Å². The van der Waals surface area contributed by atoms with E-state index in [9.17, 15) is 0 Å². The lowest BCUT2D eigenvalue weighted by molar-refractivity contribution is 1.32. The minimum atomic E-state index is 0.938. The van der Waals surface area contributed by atoms with Crippen LogP contribution in [0.1, 0.15) is 0 Å². The minimum absolute atomic E-state index is 0.938. The zero-order valence-corrected chi connectivity index (χ0v) is 21.5. The summed E-state index contributed by atoms with van der Waals surface area (Å²) in [7, 11) is 0. The molecule has 0 saturated carbocycles. The van der Waals surface area contributed by atoms with E-state index in [4.69, 9.17) is 19.9 Å².